The minimum Gasteiger partial charge on any atom is -0.296 e. The highest BCUT2D eigenvalue weighted by Crippen LogP contribution is 2.22. The first-order valence-electron chi connectivity index (χ1n) is 6.74. The summed E-state index contributed by atoms with van der Waals surface area (Å²) >= 11 is 0. The van der Waals surface area contributed by atoms with E-state index in [9.17, 15) is 4.79 Å². The van der Waals surface area contributed by atoms with Crippen molar-refractivity contribution in [1.82, 2.24) is 4.90 Å². The summed E-state index contributed by atoms with van der Waals surface area (Å²) in [5.41, 5.74) is 2.22. The normalized spacial score (nSPS) is 11.9. The van der Waals surface area contributed by atoms with Crippen LogP contribution in [0.2, 0.25) is 0 Å². The minimum atomic E-state index is 0.139. The number of benzene rings is 1. The lowest BCUT2D eigenvalue weighted by molar-refractivity contribution is 0.0937. The maximum absolute atomic E-state index is 12.1. The van der Waals surface area contributed by atoms with Gasteiger partial charge in [-0.1, -0.05) is 58.9 Å². The van der Waals surface area contributed by atoms with Crippen molar-refractivity contribution >= 4 is 5.78 Å². The Kier molecular flexibility index (Phi) is 5.09. The molecule has 0 saturated heterocycles. The number of likely N-dealkylation sites (N-methyl/N-ethyl adjacent to an activating group) is 1. The maximum atomic E-state index is 12.1. The third-order valence-electron chi connectivity index (χ3n) is 3.33. The third-order valence-corrected chi connectivity index (χ3v) is 3.33. The van der Waals surface area contributed by atoms with Crippen LogP contribution in [0.3, 0.4) is 0 Å². The number of hydrogen-bond donors (Lipinski definition) is 0. The van der Waals surface area contributed by atoms with Crippen molar-refractivity contribution in [2.75, 3.05) is 19.6 Å². The zero-order chi connectivity index (χ0) is 13.8. The van der Waals surface area contributed by atoms with Crippen molar-refractivity contribution in [3.63, 3.8) is 0 Å². The van der Waals surface area contributed by atoms with Crippen molar-refractivity contribution < 1.29 is 4.79 Å². The van der Waals surface area contributed by atoms with Crippen LogP contribution in [0, 0.1) is 0 Å². The van der Waals surface area contributed by atoms with Crippen molar-refractivity contribution in [2.24, 2.45) is 0 Å². The molecule has 0 saturated carbocycles. The third kappa shape index (κ3) is 3.95. The molecule has 0 aromatic heterocycles. The van der Waals surface area contributed by atoms with E-state index in [1.165, 1.54) is 5.56 Å². The molecule has 1 aromatic carbocycles. The van der Waals surface area contributed by atoms with Crippen LogP contribution in [0.1, 0.15) is 50.5 Å². The van der Waals surface area contributed by atoms with Gasteiger partial charge in [0.1, 0.15) is 0 Å². The van der Waals surface area contributed by atoms with Crippen LogP contribution in [-0.4, -0.2) is 30.3 Å². The van der Waals surface area contributed by atoms with Gasteiger partial charge in [0.15, 0.2) is 5.78 Å². The first-order chi connectivity index (χ1) is 8.38. The zero-order valence-electron chi connectivity index (χ0n) is 12.3. The van der Waals surface area contributed by atoms with Crippen molar-refractivity contribution in [2.45, 2.75) is 40.0 Å². The first kappa shape index (κ1) is 14.9. The number of Topliss-reactive ketones (excluding diaryl/α,β-unsaturated/α-hetero) is 1. The Bertz CT molecular complexity index is 383. The van der Waals surface area contributed by atoms with Gasteiger partial charge in [0.2, 0.25) is 0 Å². The van der Waals surface area contributed by atoms with E-state index in [4.69, 9.17) is 0 Å². The van der Waals surface area contributed by atoms with Crippen LogP contribution in [0.15, 0.2) is 24.3 Å². The number of rotatable bonds is 5. The van der Waals surface area contributed by atoms with E-state index < -0.39 is 0 Å². The van der Waals surface area contributed by atoms with Gasteiger partial charge in [-0.15, -0.1) is 0 Å². The van der Waals surface area contributed by atoms with E-state index in [1.54, 1.807) is 0 Å². The van der Waals surface area contributed by atoms with Crippen LogP contribution in [-0.2, 0) is 5.41 Å². The van der Waals surface area contributed by atoms with Gasteiger partial charge in [-0.25, -0.2) is 0 Å². The number of ketones is 1. The second-order valence-corrected chi connectivity index (χ2v) is 5.71. The molecule has 0 aliphatic carbocycles. The molecule has 0 heterocycles. The van der Waals surface area contributed by atoms with E-state index in [0.717, 1.165) is 18.7 Å². The molecular formula is C16H25NO. The molecule has 0 atom stereocenters. The summed E-state index contributed by atoms with van der Waals surface area (Å²) in [5.74, 6) is 0.208. The molecule has 1 aromatic rings. The average molecular weight is 247 g/mol. The van der Waals surface area contributed by atoms with Gasteiger partial charge in [-0.2, -0.15) is 0 Å². The molecule has 0 radical (unpaired) electrons. The van der Waals surface area contributed by atoms with Crippen molar-refractivity contribution in [1.29, 1.82) is 0 Å². The lowest BCUT2D eigenvalue weighted by Crippen LogP contribution is -2.29. The van der Waals surface area contributed by atoms with E-state index in [-0.39, 0.29) is 11.2 Å². The molecule has 18 heavy (non-hydrogen) atoms. The number of nitrogens with zero attached hydrogens (tertiary/aromatic N) is 1. The summed E-state index contributed by atoms with van der Waals surface area (Å²) in [6.45, 7) is 13.1. The van der Waals surface area contributed by atoms with Crippen molar-refractivity contribution in [3.05, 3.63) is 35.4 Å². The van der Waals surface area contributed by atoms with Crippen LogP contribution >= 0.6 is 0 Å². The SMILES string of the molecule is CCN(CC)CC(=O)c1ccc(C(C)(C)C)cc1. The number of hydrogen-bond acceptors (Lipinski definition) is 2. The monoisotopic (exact) mass is 247 g/mol. The summed E-state index contributed by atoms with van der Waals surface area (Å²) < 4.78 is 0. The van der Waals surface area contributed by atoms with Gasteiger partial charge in [0, 0.05) is 5.56 Å². The van der Waals surface area contributed by atoms with Gasteiger partial charge in [-0.05, 0) is 24.1 Å². The van der Waals surface area contributed by atoms with Gasteiger partial charge >= 0.3 is 0 Å². The van der Waals surface area contributed by atoms with Gasteiger partial charge < -0.3 is 0 Å². The zero-order valence-corrected chi connectivity index (χ0v) is 12.3. The fourth-order valence-electron chi connectivity index (χ4n) is 1.90. The summed E-state index contributed by atoms with van der Waals surface area (Å²) in [6, 6.07) is 8.03. The quantitative estimate of drug-likeness (QED) is 0.742. The highest BCUT2D eigenvalue weighted by molar-refractivity contribution is 5.97. The summed E-state index contributed by atoms with van der Waals surface area (Å²) in [7, 11) is 0. The molecule has 0 spiro atoms. The summed E-state index contributed by atoms with van der Waals surface area (Å²) in [5, 5.41) is 0. The second-order valence-electron chi connectivity index (χ2n) is 5.71. The average Bonchev–Trinajstić information content (AvgIpc) is 2.34. The van der Waals surface area contributed by atoms with Crippen LogP contribution < -0.4 is 0 Å². The highest BCUT2D eigenvalue weighted by atomic mass is 16.1. The topological polar surface area (TPSA) is 20.3 Å². The minimum absolute atomic E-state index is 0.139. The maximum Gasteiger partial charge on any atom is 0.176 e. The smallest absolute Gasteiger partial charge is 0.176 e. The predicted octanol–water partition coefficient (Wildman–Crippen LogP) is 3.51. The number of carbonyl (C=O) groups is 1. The van der Waals surface area contributed by atoms with E-state index >= 15 is 0 Å². The predicted molar refractivity (Wildman–Crippen MR) is 77.3 cm³/mol. The van der Waals surface area contributed by atoms with E-state index in [0.29, 0.717) is 6.54 Å². The summed E-state index contributed by atoms with van der Waals surface area (Å²) in [6.07, 6.45) is 0. The Morgan fingerprint density at radius 1 is 1.06 bits per heavy atom. The lowest BCUT2D eigenvalue weighted by atomic mass is 9.86. The second kappa shape index (κ2) is 6.14. The fraction of sp³-hybridized carbons (Fsp3) is 0.562. The lowest BCUT2D eigenvalue weighted by Gasteiger charge is -2.20. The molecule has 100 valence electrons. The van der Waals surface area contributed by atoms with Crippen molar-refractivity contribution in [3.8, 4) is 0 Å². The molecule has 0 amide bonds. The molecule has 0 aliphatic rings. The summed E-state index contributed by atoms with van der Waals surface area (Å²) in [4.78, 5) is 14.2. The molecule has 0 N–H and O–H groups in total. The van der Waals surface area contributed by atoms with Gasteiger partial charge in [0.25, 0.3) is 0 Å². The molecular weight excluding hydrogens is 222 g/mol. The van der Waals surface area contributed by atoms with Crippen LogP contribution in [0.5, 0.6) is 0 Å². The molecule has 0 aliphatic heterocycles. The largest absolute Gasteiger partial charge is 0.296 e. The highest BCUT2D eigenvalue weighted by Gasteiger charge is 2.15. The first-order valence-corrected chi connectivity index (χ1v) is 6.74. The Hall–Kier alpha value is -1.15. The fourth-order valence-corrected chi connectivity index (χ4v) is 1.90. The molecule has 0 fully saturated rings. The molecule has 0 unspecified atom stereocenters. The Balaban J connectivity index is 2.76. The van der Waals surface area contributed by atoms with Crippen LogP contribution in [0.25, 0.3) is 0 Å². The Morgan fingerprint density at radius 2 is 1.56 bits per heavy atom. The van der Waals surface area contributed by atoms with Crippen LogP contribution in [0.4, 0.5) is 0 Å². The van der Waals surface area contributed by atoms with Gasteiger partial charge in [-0.3, -0.25) is 9.69 Å². The van der Waals surface area contributed by atoms with Gasteiger partial charge in [0.05, 0.1) is 6.54 Å². The number of carbonyl (C=O) groups excluding carboxylic acids is 1. The molecule has 1 rings (SSSR count). The standard InChI is InChI=1S/C16H25NO/c1-6-17(7-2)12-15(18)13-8-10-14(11-9-13)16(3,4)5/h8-11H,6-7,12H2,1-5H3. The molecule has 0 bridgehead atoms. The van der Waals surface area contributed by atoms with E-state index in [2.05, 4.69) is 51.7 Å². The van der Waals surface area contributed by atoms with E-state index in [1.807, 2.05) is 12.1 Å². The Labute approximate surface area is 111 Å². The molecule has 2 heteroatoms. The Morgan fingerprint density at radius 3 is 1.94 bits per heavy atom. The molecule has 2 nitrogen and oxygen atoms in total.